The third kappa shape index (κ3) is 3.66. The maximum atomic E-state index is 11.1. The lowest BCUT2D eigenvalue weighted by Crippen LogP contribution is -2.24. The van der Waals surface area contributed by atoms with Crippen molar-refractivity contribution in [1.82, 2.24) is 0 Å². The molecule has 102 valence electrons. The highest BCUT2D eigenvalue weighted by Gasteiger charge is 2.20. The lowest BCUT2D eigenvalue weighted by atomic mass is 10.1. The first kappa shape index (κ1) is 14.9. The minimum atomic E-state index is -0.748. The highest BCUT2D eigenvalue weighted by atomic mass is 16.6. The third-order valence-electron chi connectivity index (χ3n) is 2.89. The number of rotatable bonds is 6. The van der Waals surface area contributed by atoms with Crippen LogP contribution in [0.15, 0.2) is 18.2 Å². The first-order valence-electron chi connectivity index (χ1n) is 6.09. The number of hydrogen-bond donors (Lipinski definition) is 1. The molecular formula is C13H17N3O3. The first-order valence-corrected chi connectivity index (χ1v) is 6.09. The van der Waals surface area contributed by atoms with Crippen molar-refractivity contribution in [1.29, 1.82) is 5.26 Å². The van der Waals surface area contributed by atoms with E-state index in [-0.39, 0.29) is 5.69 Å². The fourth-order valence-electron chi connectivity index (χ4n) is 1.85. The zero-order valence-corrected chi connectivity index (χ0v) is 11.0. The largest absolute Gasteiger partial charge is 0.389 e. The molecule has 0 radical (unpaired) electrons. The molecule has 1 N–H and O–H groups in total. The quantitative estimate of drug-likeness (QED) is 0.628. The van der Waals surface area contributed by atoms with Crippen molar-refractivity contribution in [2.75, 3.05) is 18.0 Å². The summed E-state index contributed by atoms with van der Waals surface area (Å²) in [4.78, 5) is 12.4. The normalized spacial score (nSPS) is 11.7. The molecule has 6 nitrogen and oxygen atoms in total. The van der Waals surface area contributed by atoms with Crippen LogP contribution in [-0.2, 0) is 0 Å². The molecule has 1 aromatic carbocycles. The predicted octanol–water partition coefficient (Wildman–Crippen LogP) is 2.39. The maximum Gasteiger partial charge on any atom is 0.292 e. The Kier molecular flexibility index (Phi) is 5.27. The molecule has 0 heterocycles. The Bertz CT molecular complexity index is 494. The number of nitrogens with zero attached hydrogens (tertiary/aromatic N) is 3. The molecule has 0 spiro atoms. The van der Waals surface area contributed by atoms with E-state index in [1.54, 1.807) is 24.0 Å². The number of nitro groups is 1. The second kappa shape index (κ2) is 6.71. The Morgan fingerprint density at radius 1 is 1.58 bits per heavy atom. The molecule has 1 aromatic rings. The van der Waals surface area contributed by atoms with Crippen LogP contribution in [0, 0.1) is 21.4 Å². The van der Waals surface area contributed by atoms with Crippen LogP contribution in [0.25, 0.3) is 0 Å². The van der Waals surface area contributed by atoms with Crippen LogP contribution in [0.1, 0.15) is 31.9 Å². The van der Waals surface area contributed by atoms with Gasteiger partial charge < -0.3 is 10.0 Å². The van der Waals surface area contributed by atoms with E-state index < -0.39 is 11.0 Å². The van der Waals surface area contributed by atoms with Gasteiger partial charge in [-0.1, -0.05) is 6.07 Å². The lowest BCUT2D eigenvalue weighted by molar-refractivity contribution is -0.384. The molecular weight excluding hydrogens is 246 g/mol. The minimum Gasteiger partial charge on any atom is -0.389 e. The van der Waals surface area contributed by atoms with Crippen LogP contribution in [-0.4, -0.2) is 23.1 Å². The van der Waals surface area contributed by atoms with Gasteiger partial charge in [0.05, 0.1) is 23.5 Å². The summed E-state index contributed by atoms with van der Waals surface area (Å²) in [6, 6.07) is 6.71. The minimum absolute atomic E-state index is 0.0433. The third-order valence-corrected chi connectivity index (χ3v) is 2.89. The number of aliphatic hydroxyl groups excluding tert-OH is 1. The maximum absolute atomic E-state index is 11.1. The second-order valence-corrected chi connectivity index (χ2v) is 4.17. The summed E-state index contributed by atoms with van der Waals surface area (Å²) in [5.41, 5.74) is 0.942. The Morgan fingerprint density at radius 2 is 2.26 bits per heavy atom. The number of hydrogen-bond acceptors (Lipinski definition) is 5. The summed E-state index contributed by atoms with van der Waals surface area (Å²) < 4.78 is 0. The predicted molar refractivity (Wildman–Crippen MR) is 71.8 cm³/mol. The molecule has 0 aliphatic carbocycles. The summed E-state index contributed by atoms with van der Waals surface area (Å²) in [5, 5.41) is 29.2. The summed E-state index contributed by atoms with van der Waals surface area (Å²) in [7, 11) is 0. The van der Waals surface area contributed by atoms with Crippen LogP contribution in [0.5, 0.6) is 0 Å². The van der Waals surface area contributed by atoms with Gasteiger partial charge in [-0.2, -0.15) is 5.26 Å². The zero-order valence-electron chi connectivity index (χ0n) is 11.0. The smallest absolute Gasteiger partial charge is 0.292 e. The molecule has 0 aliphatic heterocycles. The topological polar surface area (TPSA) is 90.4 Å². The summed E-state index contributed by atoms with van der Waals surface area (Å²) in [6.45, 7) is 4.47. The summed E-state index contributed by atoms with van der Waals surface area (Å²) >= 11 is 0. The summed E-state index contributed by atoms with van der Waals surface area (Å²) in [6.07, 6.45) is -0.440. The molecule has 1 rings (SSSR count). The zero-order chi connectivity index (χ0) is 14.4. The van der Waals surface area contributed by atoms with Crippen molar-refractivity contribution in [3.8, 4) is 6.07 Å². The van der Waals surface area contributed by atoms with Crippen molar-refractivity contribution in [2.24, 2.45) is 0 Å². The van der Waals surface area contributed by atoms with E-state index in [0.717, 1.165) is 0 Å². The molecule has 6 heteroatoms. The Balaban J connectivity index is 3.18. The standard InChI is InChI=1S/C13H17N3O3/c1-3-15(8-4-7-14)12-6-5-11(10(2)17)9-13(12)16(18)19/h5-6,9-10,17H,3-4,8H2,1-2H3/t10-/m0/s1. The number of benzene rings is 1. The average Bonchev–Trinajstić information content (AvgIpc) is 2.39. The van der Waals surface area contributed by atoms with Gasteiger partial charge in [0.15, 0.2) is 0 Å². The van der Waals surface area contributed by atoms with Crippen LogP contribution < -0.4 is 4.90 Å². The van der Waals surface area contributed by atoms with Gasteiger partial charge in [0.25, 0.3) is 5.69 Å². The van der Waals surface area contributed by atoms with E-state index in [0.29, 0.717) is 30.8 Å². The van der Waals surface area contributed by atoms with Crippen molar-refractivity contribution < 1.29 is 10.0 Å². The van der Waals surface area contributed by atoms with Crippen LogP contribution in [0.2, 0.25) is 0 Å². The Morgan fingerprint density at radius 3 is 2.74 bits per heavy atom. The lowest BCUT2D eigenvalue weighted by Gasteiger charge is -2.22. The van der Waals surface area contributed by atoms with Crippen LogP contribution >= 0.6 is 0 Å². The molecule has 0 amide bonds. The first-order chi connectivity index (χ1) is 9.01. The Hall–Kier alpha value is -2.13. The highest BCUT2D eigenvalue weighted by Crippen LogP contribution is 2.31. The number of anilines is 1. The molecule has 0 fully saturated rings. The van der Waals surface area contributed by atoms with Gasteiger partial charge in [-0.3, -0.25) is 10.1 Å². The van der Waals surface area contributed by atoms with E-state index in [1.165, 1.54) is 6.07 Å². The van der Waals surface area contributed by atoms with E-state index in [1.807, 2.05) is 13.0 Å². The molecule has 0 bridgehead atoms. The fourth-order valence-corrected chi connectivity index (χ4v) is 1.85. The Labute approximate surface area is 112 Å². The second-order valence-electron chi connectivity index (χ2n) is 4.17. The van der Waals surface area contributed by atoms with E-state index in [4.69, 9.17) is 5.26 Å². The molecule has 0 saturated carbocycles. The average molecular weight is 263 g/mol. The van der Waals surface area contributed by atoms with Gasteiger partial charge in [-0.25, -0.2) is 0 Å². The number of nitriles is 1. The van der Waals surface area contributed by atoms with Crippen molar-refractivity contribution >= 4 is 11.4 Å². The van der Waals surface area contributed by atoms with Crippen LogP contribution in [0.4, 0.5) is 11.4 Å². The van der Waals surface area contributed by atoms with Gasteiger partial charge in [0, 0.05) is 19.2 Å². The molecule has 0 aliphatic rings. The number of aliphatic hydroxyl groups is 1. The van der Waals surface area contributed by atoms with Gasteiger partial charge in [0.2, 0.25) is 0 Å². The van der Waals surface area contributed by atoms with Crippen molar-refractivity contribution in [2.45, 2.75) is 26.4 Å². The molecule has 0 saturated heterocycles. The number of nitro benzene ring substituents is 1. The van der Waals surface area contributed by atoms with Crippen LogP contribution in [0.3, 0.4) is 0 Å². The van der Waals surface area contributed by atoms with Crippen molar-refractivity contribution in [3.63, 3.8) is 0 Å². The molecule has 1 atom stereocenters. The summed E-state index contributed by atoms with van der Waals surface area (Å²) in [5.74, 6) is 0. The fraction of sp³-hybridized carbons (Fsp3) is 0.462. The highest BCUT2D eigenvalue weighted by molar-refractivity contribution is 5.64. The van der Waals surface area contributed by atoms with Crippen molar-refractivity contribution in [3.05, 3.63) is 33.9 Å². The van der Waals surface area contributed by atoms with E-state index in [2.05, 4.69) is 0 Å². The van der Waals surface area contributed by atoms with Gasteiger partial charge in [0.1, 0.15) is 5.69 Å². The van der Waals surface area contributed by atoms with E-state index in [9.17, 15) is 15.2 Å². The monoisotopic (exact) mass is 263 g/mol. The van der Waals surface area contributed by atoms with Gasteiger partial charge in [-0.05, 0) is 25.5 Å². The SMILES string of the molecule is CCN(CCC#N)c1ccc([C@H](C)O)cc1[N+](=O)[O-]. The van der Waals surface area contributed by atoms with Gasteiger partial charge in [-0.15, -0.1) is 0 Å². The molecule has 0 unspecified atom stereocenters. The van der Waals surface area contributed by atoms with Gasteiger partial charge >= 0.3 is 0 Å². The molecule has 0 aromatic heterocycles. The van der Waals surface area contributed by atoms with E-state index >= 15 is 0 Å². The molecule has 19 heavy (non-hydrogen) atoms.